The quantitative estimate of drug-likeness (QED) is 0.385. The number of fused-ring (bicyclic) bond motifs is 2. The molecular weight excluding hydrogens is 370 g/mol. The fourth-order valence-corrected chi connectivity index (χ4v) is 4.14. The van der Waals surface area contributed by atoms with Gasteiger partial charge in [0.15, 0.2) is 11.5 Å². The molecule has 1 aliphatic rings. The number of para-hydroxylation sites is 1. The third-order valence-corrected chi connectivity index (χ3v) is 5.57. The Labute approximate surface area is 165 Å². The Bertz CT molecular complexity index is 1230. The van der Waals surface area contributed by atoms with Crippen LogP contribution in [0, 0.1) is 0 Å². The van der Waals surface area contributed by atoms with Crippen molar-refractivity contribution >= 4 is 27.8 Å². The lowest BCUT2D eigenvalue weighted by molar-refractivity contribution is 0.174. The van der Waals surface area contributed by atoms with Gasteiger partial charge in [-0.05, 0) is 41.5 Å². The molecular formula is C22H17N3O2S. The number of hydrogen-bond donors (Lipinski definition) is 0. The van der Waals surface area contributed by atoms with Gasteiger partial charge in [-0.15, -0.1) is 5.10 Å². The predicted octanol–water partition coefficient (Wildman–Crippen LogP) is 4.41. The molecule has 0 aliphatic carbocycles. The summed E-state index contributed by atoms with van der Waals surface area (Å²) in [6.07, 6.45) is 1.74. The van der Waals surface area contributed by atoms with E-state index >= 15 is 0 Å². The maximum absolute atomic E-state index is 5.41. The molecule has 2 heterocycles. The van der Waals surface area contributed by atoms with Crippen molar-refractivity contribution in [3.05, 3.63) is 88.7 Å². The first-order valence-electron chi connectivity index (χ1n) is 8.96. The highest BCUT2D eigenvalue weighted by atomic mass is 32.1. The van der Waals surface area contributed by atoms with E-state index in [-0.39, 0.29) is 6.79 Å². The molecule has 0 spiro atoms. The molecule has 3 aromatic carbocycles. The monoisotopic (exact) mass is 387 g/mol. The highest BCUT2D eigenvalue weighted by molar-refractivity contribution is 7.16. The molecule has 0 atom stereocenters. The van der Waals surface area contributed by atoms with E-state index in [0.29, 0.717) is 0 Å². The van der Waals surface area contributed by atoms with Gasteiger partial charge >= 0.3 is 0 Å². The lowest BCUT2D eigenvalue weighted by Gasteiger charge is -2.04. The highest BCUT2D eigenvalue weighted by Crippen LogP contribution is 2.32. The zero-order valence-corrected chi connectivity index (χ0v) is 15.8. The summed E-state index contributed by atoms with van der Waals surface area (Å²) in [7, 11) is 0. The van der Waals surface area contributed by atoms with Crippen molar-refractivity contribution in [3.63, 3.8) is 0 Å². The number of thiazole rings is 1. The van der Waals surface area contributed by atoms with E-state index in [1.54, 1.807) is 17.6 Å². The number of ether oxygens (including phenoxy) is 2. The van der Waals surface area contributed by atoms with Gasteiger partial charge in [0.2, 0.25) is 11.6 Å². The SMILES string of the molecule is C(=N\N=c1/sc2ccccc2n1Cc1ccccc1)/c1ccc2c(c1)OCO2. The van der Waals surface area contributed by atoms with Gasteiger partial charge in [0.05, 0.1) is 23.0 Å². The first-order valence-corrected chi connectivity index (χ1v) is 9.77. The Morgan fingerprint density at radius 2 is 1.75 bits per heavy atom. The van der Waals surface area contributed by atoms with Crippen molar-refractivity contribution in [3.8, 4) is 11.5 Å². The molecule has 0 fully saturated rings. The van der Waals surface area contributed by atoms with Crippen LogP contribution >= 0.6 is 11.3 Å². The molecule has 0 amide bonds. The Hall–Kier alpha value is -3.38. The molecule has 0 saturated carbocycles. The van der Waals surface area contributed by atoms with Crippen LogP contribution in [0.4, 0.5) is 0 Å². The summed E-state index contributed by atoms with van der Waals surface area (Å²) >= 11 is 1.64. The third kappa shape index (κ3) is 3.30. The maximum atomic E-state index is 5.41. The second-order valence-electron chi connectivity index (χ2n) is 6.38. The molecule has 6 heteroatoms. The summed E-state index contributed by atoms with van der Waals surface area (Å²) in [5.41, 5.74) is 3.31. The van der Waals surface area contributed by atoms with Gasteiger partial charge in [-0.2, -0.15) is 5.10 Å². The van der Waals surface area contributed by atoms with E-state index in [1.165, 1.54) is 10.3 Å². The highest BCUT2D eigenvalue weighted by Gasteiger charge is 2.12. The molecule has 0 saturated heterocycles. The molecule has 5 rings (SSSR count). The van der Waals surface area contributed by atoms with E-state index in [2.05, 4.69) is 57.2 Å². The molecule has 4 aromatic rings. The summed E-state index contributed by atoms with van der Waals surface area (Å²) in [6.45, 7) is 1.02. The van der Waals surface area contributed by atoms with Crippen molar-refractivity contribution in [2.45, 2.75) is 6.54 Å². The Kier molecular flexibility index (Phi) is 4.39. The number of hydrogen-bond acceptors (Lipinski definition) is 5. The van der Waals surface area contributed by atoms with Crippen LogP contribution in [0.25, 0.3) is 10.2 Å². The van der Waals surface area contributed by atoms with Gasteiger partial charge in [-0.1, -0.05) is 53.8 Å². The van der Waals surface area contributed by atoms with Gasteiger partial charge in [0, 0.05) is 0 Å². The Morgan fingerprint density at radius 3 is 2.68 bits per heavy atom. The minimum atomic E-state index is 0.265. The molecule has 138 valence electrons. The minimum Gasteiger partial charge on any atom is -0.454 e. The fraction of sp³-hybridized carbons (Fsp3) is 0.0909. The van der Waals surface area contributed by atoms with E-state index in [9.17, 15) is 0 Å². The van der Waals surface area contributed by atoms with Crippen molar-refractivity contribution < 1.29 is 9.47 Å². The van der Waals surface area contributed by atoms with Crippen LogP contribution in [-0.2, 0) is 6.54 Å². The normalized spacial score (nSPS) is 13.6. The second-order valence-corrected chi connectivity index (χ2v) is 7.39. The summed E-state index contributed by atoms with van der Waals surface area (Å²) in [5.74, 6) is 1.50. The van der Waals surface area contributed by atoms with Crippen LogP contribution in [0.5, 0.6) is 11.5 Å². The smallest absolute Gasteiger partial charge is 0.231 e. The molecule has 0 unspecified atom stereocenters. The lowest BCUT2D eigenvalue weighted by atomic mass is 10.2. The summed E-state index contributed by atoms with van der Waals surface area (Å²) in [4.78, 5) is 0.863. The van der Waals surface area contributed by atoms with Crippen molar-refractivity contribution in [1.29, 1.82) is 0 Å². The molecule has 5 nitrogen and oxygen atoms in total. The average Bonchev–Trinajstić information content (AvgIpc) is 3.33. The minimum absolute atomic E-state index is 0.265. The number of rotatable bonds is 4. The molecule has 1 aromatic heterocycles. The molecule has 1 aliphatic heterocycles. The van der Waals surface area contributed by atoms with Gasteiger partial charge in [0.1, 0.15) is 0 Å². The van der Waals surface area contributed by atoms with Crippen LogP contribution in [0.1, 0.15) is 11.1 Å². The van der Waals surface area contributed by atoms with Crippen molar-refractivity contribution in [1.82, 2.24) is 4.57 Å². The molecule has 0 radical (unpaired) electrons. The van der Waals surface area contributed by atoms with Crippen LogP contribution in [-0.4, -0.2) is 17.6 Å². The van der Waals surface area contributed by atoms with E-state index in [0.717, 1.165) is 33.9 Å². The number of nitrogens with zero attached hydrogens (tertiary/aromatic N) is 3. The first-order chi connectivity index (χ1) is 13.9. The lowest BCUT2D eigenvalue weighted by Crippen LogP contribution is -2.15. The zero-order chi connectivity index (χ0) is 18.8. The first kappa shape index (κ1) is 16.8. The van der Waals surface area contributed by atoms with Crippen LogP contribution in [0.15, 0.2) is 83.0 Å². The maximum Gasteiger partial charge on any atom is 0.231 e. The number of benzene rings is 3. The summed E-state index contributed by atoms with van der Waals surface area (Å²) in [6, 6.07) is 24.5. The fourth-order valence-electron chi connectivity index (χ4n) is 3.15. The van der Waals surface area contributed by atoms with E-state index in [4.69, 9.17) is 9.47 Å². The summed E-state index contributed by atoms with van der Waals surface area (Å²) < 4.78 is 14.1. The van der Waals surface area contributed by atoms with Gasteiger partial charge in [0.25, 0.3) is 0 Å². The average molecular weight is 387 g/mol. The van der Waals surface area contributed by atoms with E-state index in [1.807, 2.05) is 30.3 Å². The van der Waals surface area contributed by atoms with Crippen LogP contribution < -0.4 is 14.3 Å². The van der Waals surface area contributed by atoms with Crippen LogP contribution in [0.3, 0.4) is 0 Å². The molecule has 0 N–H and O–H groups in total. The zero-order valence-electron chi connectivity index (χ0n) is 15.0. The molecule has 28 heavy (non-hydrogen) atoms. The second kappa shape index (κ2) is 7.32. The van der Waals surface area contributed by atoms with Crippen molar-refractivity contribution in [2.24, 2.45) is 10.2 Å². The largest absolute Gasteiger partial charge is 0.454 e. The van der Waals surface area contributed by atoms with Gasteiger partial charge < -0.3 is 14.0 Å². The summed E-state index contributed by atoms with van der Waals surface area (Å²) in [5, 5.41) is 8.84. The third-order valence-electron chi connectivity index (χ3n) is 4.52. The Balaban J connectivity index is 1.51. The van der Waals surface area contributed by atoms with Crippen LogP contribution in [0.2, 0.25) is 0 Å². The Morgan fingerprint density at radius 1 is 0.929 bits per heavy atom. The standard InChI is InChI=1S/C22H17N3O2S/c1-2-6-16(7-3-1)14-25-18-8-4-5-9-21(18)28-22(25)24-23-13-17-10-11-19-20(12-17)27-15-26-19/h1-13H,14-15H2/b23-13+,24-22-. The molecule has 0 bridgehead atoms. The van der Waals surface area contributed by atoms with Gasteiger partial charge in [-0.3, -0.25) is 0 Å². The number of aromatic nitrogens is 1. The van der Waals surface area contributed by atoms with E-state index < -0.39 is 0 Å². The van der Waals surface area contributed by atoms with Crippen molar-refractivity contribution in [2.75, 3.05) is 6.79 Å². The predicted molar refractivity (Wildman–Crippen MR) is 111 cm³/mol. The van der Waals surface area contributed by atoms with Gasteiger partial charge in [-0.25, -0.2) is 0 Å². The topological polar surface area (TPSA) is 48.1 Å².